The van der Waals surface area contributed by atoms with E-state index in [1.54, 1.807) is 0 Å². The topological polar surface area (TPSA) is 258 Å². The van der Waals surface area contributed by atoms with Crippen LogP contribution in [0.3, 0.4) is 0 Å². The number of ether oxygens (including phenoxy) is 2. The number of aromatic nitrogens is 8. The van der Waals surface area contributed by atoms with Crippen LogP contribution in [0, 0.1) is 0 Å². The molecule has 0 spiro atoms. The van der Waals surface area contributed by atoms with E-state index in [2.05, 4.69) is 75.2 Å². The van der Waals surface area contributed by atoms with Crippen molar-refractivity contribution in [2.75, 3.05) is 36.9 Å². The number of nitrogens with one attached hydrogen (secondary N) is 4. The molecule has 24 heteroatoms. The van der Waals surface area contributed by atoms with Crippen molar-refractivity contribution in [2.24, 2.45) is 0 Å². The van der Waals surface area contributed by atoms with Crippen LogP contribution in [0.1, 0.15) is 12.5 Å². The highest BCUT2D eigenvalue weighted by Gasteiger charge is 2.49. The molecular formula is C24H32N12O8P2S2. The zero-order chi connectivity index (χ0) is 33.6. The van der Waals surface area contributed by atoms with E-state index in [1.807, 2.05) is 12.2 Å². The van der Waals surface area contributed by atoms with Crippen molar-refractivity contribution in [2.45, 2.75) is 49.0 Å². The van der Waals surface area contributed by atoms with E-state index in [4.69, 9.17) is 14.0 Å². The molecule has 2 fully saturated rings. The molecule has 4 aromatic heterocycles. The first-order chi connectivity index (χ1) is 23.1. The lowest BCUT2D eigenvalue weighted by Gasteiger charge is -2.26. The fraction of sp³-hybridized carbons (Fsp3) is 0.500. The van der Waals surface area contributed by atoms with Gasteiger partial charge in [0.25, 0.3) is 0 Å². The summed E-state index contributed by atoms with van der Waals surface area (Å²) in [4.78, 5) is 26.1. The number of anilines is 2. The van der Waals surface area contributed by atoms with Gasteiger partial charge in [-0.05, 0) is 0 Å². The average molecular weight is 743 g/mol. The van der Waals surface area contributed by atoms with Crippen molar-refractivity contribution in [3.63, 3.8) is 0 Å². The average Bonchev–Trinajstić information content (AvgIpc) is 3.82. The van der Waals surface area contributed by atoms with Gasteiger partial charge in [0.2, 0.25) is 0 Å². The molecule has 0 aliphatic carbocycles. The van der Waals surface area contributed by atoms with Crippen molar-refractivity contribution >= 4 is 72.3 Å². The summed E-state index contributed by atoms with van der Waals surface area (Å²) in [6.45, 7) is -4.23. The summed E-state index contributed by atoms with van der Waals surface area (Å²) in [5.41, 5.74) is 1.53. The lowest BCUT2D eigenvalue weighted by molar-refractivity contribution is -0.0489. The van der Waals surface area contributed by atoms with Gasteiger partial charge in [0.1, 0.15) is 37.1 Å². The molecule has 0 saturated carbocycles. The van der Waals surface area contributed by atoms with E-state index < -0.39 is 76.0 Å². The maximum absolute atomic E-state index is 13.6. The molecule has 258 valence electrons. The second-order valence-corrected chi connectivity index (χ2v) is 16.3. The fourth-order valence-corrected chi connectivity index (χ4v) is 8.74. The van der Waals surface area contributed by atoms with Crippen molar-refractivity contribution < 1.29 is 38.4 Å². The normalized spacial score (nSPS) is 34.2. The number of hydrogen-bond donors (Lipinski definition) is 9. The van der Waals surface area contributed by atoms with Crippen LogP contribution in [0.25, 0.3) is 22.3 Å². The number of rotatable bonds is 3. The molecular weight excluding hydrogens is 710 g/mol. The van der Waals surface area contributed by atoms with E-state index in [-0.39, 0.29) is 0 Å². The quantitative estimate of drug-likeness (QED) is 0.0752. The molecule has 7 rings (SSSR count). The molecule has 12 bridgehead atoms. The minimum Gasteiger partial charge on any atom is -0.394 e. The second-order valence-electron chi connectivity index (χ2n) is 11.1. The number of hydrogen-bond acceptors (Lipinski definition) is 16. The Balaban J connectivity index is 1.23. The third-order valence-electron chi connectivity index (χ3n) is 8.15. The Bertz CT molecular complexity index is 1900. The first-order valence-corrected chi connectivity index (χ1v) is 20.1. The van der Waals surface area contributed by atoms with Crippen LogP contribution in [0.2, 0.25) is 0 Å². The predicted molar refractivity (Wildman–Crippen MR) is 178 cm³/mol. The van der Waals surface area contributed by atoms with Crippen molar-refractivity contribution in [1.82, 2.24) is 49.2 Å². The van der Waals surface area contributed by atoms with Crippen LogP contribution in [-0.4, -0.2) is 117 Å². The number of aliphatic hydroxyl groups excluding tert-OH is 3. The summed E-state index contributed by atoms with van der Waals surface area (Å²) < 4.78 is 46.6. The molecule has 0 aromatic carbocycles. The Morgan fingerprint density at radius 3 is 2.08 bits per heavy atom. The van der Waals surface area contributed by atoms with Crippen LogP contribution < -0.4 is 20.8 Å². The van der Waals surface area contributed by atoms with Gasteiger partial charge in [-0.2, -0.15) is 0 Å². The molecule has 2 saturated heterocycles. The maximum atomic E-state index is 13.6. The first kappa shape index (κ1) is 33.8. The van der Waals surface area contributed by atoms with Gasteiger partial charge >= 0.3 is 6.72 Å². The largest absolute Gasteiger partial charge is 0.394 e. The number of nitrogens with zero attached hydrogens (tertiary/aromatic N) is 8. The van der Waals surface area contributed by atoms with Crippen molar-refractivity contribution in [3.05, 3.63) is 37.5 Å². The highest BCUT2D eigenvalue weighted by Crippen LogP contribution is 2.51. The first-order valence-electron chi connectivity index (χ1n) is 14.7. The van der Waals surface area contributed by atoms with Gasteiger partial charge in [-0.3, -0.25) is 23.4 Å². The van der Waals surface area contributed by atoms with Crippen LogP contribution in [0.15, 0.2) is 37.5 Å². The highest BCUT2D eigenvalue weighted by molar-refractivity contribution is 8.45. The van der Waals surface area contributed by atoms with Gasteiger partial charge in [0, 0.05) is 13.1 Å². The molecule has 48 heavy (non-hydrogen) atoms. The Kier molecular flexibility index (Phi) is 9.77. The summed E-state index contributed by atoms with van der Waals surface area (Å²) >= 11 is 8.20. The summed E-state index contributed by atoms with van der Waals surface area (Å²) in [7, 11) is -2.64. The summed E-state index contributed by atoms with van der Waals surface area (Å²) in [5.74, 6) is 0.886. The van der Waals surface area contributed by atoms with Gasteiger partial charge in [-0.1, -0.05) is 24.4 Å². The zero-order valence-electron chi connectivity index (χ0n) is 24.7. The van der Waals surface area contributed by atoms with E-state index in [1.165, 1.54) is 34.4 Å². The van der Waals surface area contributed by atoms with Crippen molar-refractivity contribution in [1.29, 1.82) is 0 Å². The summed E-state index contributed by atoms with van der Waals surface area (Å²) in [6, 6.07) is -2.09. The highest BCUT2D eigenvalue weighted by atomic mass is 32.7. The van der Waals surface area contributed by atoms with Crippen LogP contribution in [-0.2, 0) is 23.1 Å². The lowest BCUT2D eigenvalue weighted by atomic mass is 10.1. The number of imidazole rings is 2. The fourth-order valence-electron chi connectivity index (χ4n) is 5.94. The third kappa shape index (κ3) is 6.48. The van der Waals surface area contributed by atoms with Gasteiger partial charge in [-0.25, -0.2) is 35.0 Å². The van der Waals surface area contributed by atoms with E-state index in [0.29, 0.717) is 47.1 Å². The van der Waals surface area contributed by atoms with E-state index in [0.717, 1.165) is 0 Å². The van der Waals surface area contributed by atoms with Crippen molar-refractivity contribution in [3.8, 4) is 0 Å². The lowest BCUT2D eigenvalue weighted by Crippen LogP contribution is -2.45. The van der Waals surface area contributed by atoms with Crippen LogP contribution in [0.5, 0.6) is 0 Å². The molecule has 3 aliphatic heterocycles. The minimum absolute atomic E-state index is 0.347. The molecule has 0 amide bonds. The molecule has 10 atom stereocenters. The van der Waals surface area contributed by atoms with Crippen LogP contribution in [0.4, 0.5) is 11.6 Å². The van der Waals surface area contributed by atoms with E-state index >= 15 is 0 Å². The Morgan fingerprint density at radius 1 is 0.938 bits per heavy atom. The van der Waals surface area contributed by atoms with E-state index in [9.17, 15) is 24.4 Å². The molecule has 4 aromatic rings. The van der Waals surface area contributed by atoms with Gasteiger partial charge < -0.3 is 40.0 Å². The number of thiol groups is 2. The van der Waals surface area contributed by atoms with Crippen LogP contribution >= 0.6 is 38.4 Å². The zero-order valence-corrected chi connectivity index (χ0v) is 28.4. The summed E-state index contributed by atoms with van der Waals surface area (Å²) in [6.07, 6.45) is 2.45. The molecule has 6 unspecified atom stereocenters. The summed E-state index contributed by atoms with van der Waals surface area (Å²) in [5, 5.41) is 44.6. The maximum Gasteiger partial charge on any atom is 0.324 e. The number of fused-ring (bicyclic) bond motifs is 6. The Morgan fingerprint density at radius 2 is 1.52 bits per heavy atom. The van der Waals surface area contributed by atoms with Gasteiger partial charge in [0.15, 0.2) is 53.6 Å². The SMILES string of the molecule is O=[PH](S)N[C@H]1C2CO[P@](=O)(S)NC3C(CO)OC([C@@H]3O)n3cnc4c(ncnc43)NC/C=C/CNc3ncnc4c3ncn4C(O2)[C@@H]1O. The standard InChI is InChI=1S/C24H32N12O8P2S2/c37-5-11-14-18(39)24(43-11)36-10-32-16-20(28-8-30-22(16)36)26-4-2-1-3-25-19-15-21(29-7-27-19)35(9-31-15)23-17(38)13(33-45(40)47)12(44-23)6-42-46(41,48)34-14/h1-2,7-14,17-18,23-24,37-39,45H,3-6H2,(H,25,27,29)(H,26,28,30)(H2,33,40,47)(H2,34,41,48)/b2-1+/t11?,12?,13-,14?,17+,18+,23?,24?,46-/m0/s1. The number of aliphatic hydroxyl groups is 3. The Labute approximate surface area is 282 Å². The monoisotopic (exact) mass is 742 g/mol. The molecule has 7 N–H and O–H groups in total. The smallest absolute Gasteiger partial charge is 0.324 e. The second kappa shape index (κ2) is 13.9. The third-order valence-corrected chi connectivity index (χ3v) is 10.9. The molecule has 7 heterocycles. The predicted octanol–water partition coefficient (Wildman–Crippen LogP) is -0.141. The minimum atomic E-state index is -4.06. The van der Waals surface area contributed by atoms with Gasteiger partial charge in [-0.15, -0.1) is 12.2 Å². The molecule has 3 aliphatic rings. The molecule has 20 nitrogen and oxygen atoms in total. The van der Waals surface area contributed by atoms with Gasteiger partial charge in [0.05, 0.1) is 38.0 Å². The molecule has 0 radical (unpaired) electrons. The Hall–Kier alpha value is -2.72.